The van der Waals surface area contributed by atoms with Crippen LogP contribution in [0.3, 0.4) is 0 Å². The van der Waals surface area contributed by atoms with Crippen LogP contribution in [0.15, 0.2) is 23.4 Å². The van der Waals surface area contributed by atoms with Gasteiger partial charge in [-0.3, -0.25) is 0 Å². The number of hydrogen-bond acceptors (Lipinski definition) is 3. The van der Waals surface area contributed by atoms with E-state index >= 15 is 0 Å². The minimum absolute atomic E-state index is 0.0486. The van der Waals surface area contributed by atoms with Gasteiger partial charge in [-0.25, -0.2) is 0 Å². The van der Waals surface area contributed by atoms with Crippen molar-refractivity contribution >= 4 is 5.84 Å². The van der Waals surface area contributed by atoms with Gasteiger partial charge in [0.25, 0.3) is 0 Å². The first kappa shape index (κ1) is 8.39. The van der Waals surface area contributed by atoms with Crippen molar-refractivity contribution in [2.24, 2.45) is 10.9 Å². The molecule has 1 rings (SSSR count). The van der Waals surface area contributed by atoms with Crippen molar-refractivity contribution in [3.05, 3.63) is 29.3 Å². The molecule has 0 radical (unpaired) electrons. The SMILES string of the molecule is Cc1cc(O)ccc1C(N)=NO. The van der Waals surface area contributed by atoms with Gasteiger partial charge in [0.15, 0.2) is 5.84 Å². The maximum Gasteiger partial charge on any atom is 0.170 e. The number of phenolic OH excluding ortho intramolecular Hbond substituents is 1. The van der Waals surface area contributed by atoms with Crippen molar-refractivity contribution in [3.8, 4) is 5.75 Å². The van der Waals surface area contributed by atoms with Gasteiger partial charge in [-0.05, 0) is 30.7 Å². The molecule has 0 atom stereocenters. The molecule has 0 aliphatic rings. The zero-order valence-electron chi connectivity index (χ0n) is 6.65. The molecule has 0 amide bonds. The fourth-order valence-electron chi connectivity index (χ4n) is 0.989. The van der Waals surface area contributed by atoms with E-state index in [-0.39, 0.29) is 11.6 Å². The van der Waals surface area contributed by atoms with E-state index in [1.807, 2.05) is 0 Å². The number of phenols is 1. The van der Waals surface area contributed by atoms with E-state index in [2.05, 4.69) is 5.16 Å². The molecule has 1 aromatic rings. The molecule has 12 heavy (non-hydrogen) atoms. The Hall–Kier alpha value is -1.71. The minimum atomic E-state index is 0.0486. The lowest BCUT2D eigenvalue weighted by Crippen LogP contribution is -2.14. The standard InChI is InChI=1S/C8H10N2O2/c1-5-4-6(11)2-3-7(5)8(9)10-12/h2-4,11-12H,1H3,(H2,9,10). The van der Waals surface area contributed by atoms with E-state index in [1.54, 1.807) is 19.1 Å². The van der Waals surface area contributed by atoms with Crippen LogP contribution in [-0.4, -0.2) is 16.1 Å². The summed E-state index contributed by atoms with van der Waals surface area (Å²) in [5.74, 6) is 0.217. The summed E-state index contributed by atoms with van der Waals surface area (Å²) < 4.78 is 0. The first-order valence-electron chi connectivity index (χ1n) is 3.42. The lowest BCUT2D eigenvalue weighted by Gasteiger charge is -2.02. The molecule has 0 unspecified atom stereocenters. The summed E-state index contributed by atoms with van der Waals surface area (Å²) in [6, 6.07) is 4.63. The number of nitrogens with zero attached hydrogens (tertiary/aromatic N) is 1. The molecule has 4 nitrogen and oxygen atoms in total. The van der Waals surface area contributed by atoms with Crippen LogP contribution in [-0.2, 0) is 0 Å². The average Bonchev–Trinajstić information content (AvgIpc) is 2.03. The lowest BCUT2D eigenvalue weighted by molar-refractivity contribution is 0.318. The monoisotopic (exact) mass is 166 g/mol. The second-order valence-electron chi connectivity index (χ2n) is 2.48. The molecule has 1 aromatic carbocycles. The summed E-state index contributed by atoms with van der Waals surface area (Å²) in [6.45, 7) is 1.77. The molecule has 4 heteroatoms. The van der Waals surface area contributed by atoms with Crippen LogP contribution in [0.25, 0.3) is 0 Å². The molecular formula is C8H10N2O2. The Morgan fingerprint density at radius 3 is 2.67 bits per heavy atom. The summed E-state index contributed by atoms with van der Waals surface area (Å²) in [4.78, 5) is 0. The van der Waals surface area contributed by atoms with E-state index in [0.717, 1.165) is 5.56 Å². The van der Waals surface area contributed by atoms with Crippen molar-refractivity contribution in [3.63, 3.8) is 0 Å². The number of hydrogen-bond donors (Lipinski definition) is 3. The third kappa shape index (κ3) is 1.47. The molecule has 0 saturated heterocycles. The highest BCUT2D eigenvalue weighted by atomic mass is 16.4. The molecule has 0 aliphatic heterocycles. The zero-order chi connectivity index (χ0) is 9.14. The van der Waals surface area contributed by atoms with Crippen LogP contribution >= 0.6 is 0 Å². The minimum Gasteiger partial charge on any atom is -0.508 e. The molecule has 0 bridgehead atoms. The van der Waals surface area contributed by atoms with E-state index in [1.165, 1.54) is 6.07 Å². The molecule has 0 aliphatic carbocycles. The fraction of sp³-hybridized carbons (Fsp3) is 0.125. The van der Waals surface area contributed by atoms with Crippen LogP contribution in [0.2, 0.25) is 0 Å². The number of nitrogens with two attached hydrogens (primary N) is 1. The summed E-state index contributed by atoms with van der Waals surface area (Å²) >= 11 is 0. The first-order valence-corrected chi connectivity index (χ1v) is 3.42. The molecule has 0 saturated carbocycles. The molecule has 64 valence electrons. The van der Waals surface area contributed by atoms with Gasteiger partial charge in [-0.2, -0.15) is 0 Å². The highest BCUT2D eigenvalue weighted by Gasteiger charge is 2.03. The van der Waals surface area contributed by atoms with Gasteiger partial charge in [0.05, 0.1) is 0 Å². The summed E-state index contributed by atoms with van der Waals surface area (Å²) in [5.41, 5.74) is 6.75. The quantitative estimate of drug-likeness (QED) is 0.250. The predicted octanol–water partition coefficient (Wildman–Crippen LogP) is 0.795. The van der Waals surface area contributed by atoms with Crippen molar-refractivity contribution in [2.75, 3.05) is 0 Å². The van der Waals surface area contributed by atoms with Crippen LogP contribution in [0.1, 0.15) is 11.1 Å². The van der Waals surface area contributed by atoms with Crippen molar-refractivity contribution in [1.29, 1.82) is 0 Å². The van der Waals surface area contributed by atoms with E-state index < -0.39 is 0 Å². The smallest absolute Gasteiger partial charge is 0.170 e. The number of oxime groups is 1. The first-order chi connectivity index (χ1) is 5.65. The van der Waals surface area contributed by atoms with Gasteiger partial charge < -0.3 is 16.0 Å². The zero-order valence-corrected chi connectivity index (χ0v) is 6.65. The predicted molar refractivity (Wildman–Crippen MR) is 45.4 cm³/mol. The maximum atomic E-state index is 9.05. The van der Waals surface area contributed by atoms with Crippen LogP contribution in [0.5, 0.6) is 5.75 Å². The van der Waals surface area contributed by atoms with Gasteiger partial charge in [0.2, 0.25) is 0 Å². The van der Waals surface area contributed by atoms with Crippen LogP contribution in [0, 0.1) is 6.92 Å². The largest absolute Gasteiger partial charge is 0.508 e. The summed E-state index contributed by atoms with van der Waals surface area (Å²) in [5, 5.41) is 20.3. The van der Waals surface area contributed by atoms with E-state index in [4.69, 9.17) is 16.0 Å². The Morgan fingerprint density at radius 1 is 1.50 bits per heavy atom. The number of benzene rings is 1. The van der Waals surface area contributed by atoms with Gasteiger partial charge in [-0.1, -0.05) is 5.16 Å². The third-order valence-electron chi connectivity index (χ3n) is 1.59. The van der Waals surface area contributed by atoms with Crippen molar-refractivity contribution < 1.29 is 10.3 Å². The lowest BCUT2D eigenvalue weighted by atomic mass is 10.1. The molecular weight excluding hydrogens is 156 g/mol. The number of aryl methyl sites for hydroxylation is 1. The van der Waals surface area contributed by atoms with Crippen molar-refractivity contribution in [1.82, 2.24) is 0 Å². The van der Waals surface area contributed by atoms with Gasteiger partial charge in [0, 0.05) is 5.56 Å². The molecule has 0 fully saturated rings. The van der Waals surface area contributed by atoms with Crippen LogP contribution < -0.4 is 5.73 Å². The Morgan fingerprint density at radius 2 is 2.17 bits per heavy atom. The Bertz CT molecular complexity index is 321. The van der Waals surface area contributed by atoms with E-state index in [0.29, 0.717) is 5.56 Å². The number of aromatic hydroxyl groups is 1. The Kier molecular flexibility index (Phi) is 2.19. The maximum absolute atomic E-state index is 9.05. The second kappa shape index (κ2) is 3.13. The normalized spacial score (nSPS) is 11.6. The Labute approximate surface area is 69.9 Å². The molecule has 0 heterocycles. The topological polar surface area (TPSA) is 78.8 Å². The van der Waals surface area contributed by atoms with Gasteiger partial charge in [-0.15, -0.1) is 0 Å². The number of rotatable bonds is 1. The fourth-order valence-corrected chi connectivity index (χ4v) is 0.989. The average molecular weight is 166 g/mol. The second-order valence-corrected chi connectivity index (χ2v) is 2.48. The van der Waals surface area contributed by atoms with Crippen molar-refractivity contribution in [2.45, 2.75) is 6.92 Å². The highest BCUT2D eigenvalue weighted by molar-refractivity contribution is 5.98. The molecule has 4 N–H and O–H groups in total. The van der Waals surface area contributed by atoms with Gasteiger partial charge >= 0.3 is 0 Å². The molecule has 0 aromatic heterocycles. The van der Waals surface area contributed by atoms with E-state index in [9.17, 15) is 0 Å². The highest BCUT2D eigenvalue weighted by Crippen LogP contribution is 2.14. The van der Waals surface area contributed by atoms with Crippen LogP contribution in [0.4, 0.5) is 0 Å². The third-order valence-corrected chi connectivity index (χ3v) is 1.59. The van der Waals surface area contributed by atoms with Gasteiger partial charge in [0.1, 0.15) is 5.75 Å². The summed E-state index contributed by atoms with van der Waals surface area (Å²) in [6.07, 6.45) is 0. The molecule has 0 spiro atoms. The Balaban J connectivity index is 3.18. The number of amidine groups is 1. The summed E-state index contributed by atoms with van der Waals surface area (Å²) in [7, 11) is 0.